The van der Waals surface area contributed by atoms with Gasteiger partial charge in [-0.05, 0) is 11.1 Å². The summed E-state index contributed by atoms with van der Waals surface area (Å²) in [4.78, 5) is 17.9. The molecule has 1 saturated heterocycles. The highest BCUT2D eigenvalue weighted by molar-refractivity contribution is 5.82. The maximum Gasteiger partial charge on any atom is 0.165 e. The summed E-state index contributed by atoms with van der Waals surface area (Å²) in [5.41, 5.74) is 4.09. The minimum Gasteiger partial charge on any atom is -0.390 e. The molecule has 0 unspecified atom stereocenters. The Morgan fingerprint density at radius 2 is 1.50 bits per heavy atom. The molecule has 2 N–H and O–H groups in total. The minimum atomic E-state index is -0.504. The van der Waals surface area contributed by atoms with Crippen LogP contribution < -0.4 is 5.32 Å². The Kier molecular flexibility index (Phi) is 6.80. The van der Waals surface area contributed by atoms with Gasteiger partial charge in [-0.3, -0.25) is 9.80 Å². The van der Waals surface area contributed by atoms with E-state index in [0.29, 0.717) is 18.9 Å². The fourth-order valence-corrected chi connectivity index (χ4v) is 4.87. The maximum absolute atomic E-state index is 10.8. The highest BCUT2D eigenvalue weighted by Crippen LogP contribution is 2.29. The van der Waals surface area contributed by atoms with Gasteiger partial charge in [0.25, 0.3) is 0 Å². The lowest BCUT2D eigenvalue weighted by Crippen LogP contribution is -2.50. The van der Waals surface area contributed by atoms with Crippen molar-refractivity contribution in [3.05, 3.63) is 84.4 Å². The van der Waals surface area contributed by atoms with E-state index >= 15 is 0 Å². The standard InChI is InChI=1S/C26H31N7O/c1-27-25-23-26(29-18-28-25)33(19-30-23)17-22(34)16-31-12-14-32(15-13-31)24(20-8-4-2-5-9-20)21-10-6-3-7-11-21/h2-11,18-19,22,24,34H,12-17H2,1H3,(H,27,28,29)/t22-/m1/s1. The van der Waals surface area contributed by atoms with E-state index in [9.17, 15) is 5.11 Å². The molecule has 34 heavy (non-hydrogen) atoms. The molecule has 0 amide bonds. The average molecular weight is 458 g/mol. The number of fused-ring (bicyclic) bond motifs is 1. The van der Waals surface area contributed by atoms with Crippen molar-refractivity contribution in [3.8, 4) is 0 Å². The topological polar surface area (TPSA) is 82.3 Å². The molecule has 4 aromatic rings. The minimum absolute atomic E-state index is 0.243. The summed E-state index contributed by atoms with van der Waals surface area (Å²) in [6, 6.07) is 21.7. The first-order chi connectivity index (χ1) is 16.7. The van der Waals surface area contributed by atoms with Crippen molar-refractivity contribution >= 4 is 17.0 Å². The number of imidazole rings is 1. The first kappa shape index (κ1) is 22.5. The van der Waals surface area contributed by atoms with Crippen molar-refractivity contribution in [3.63, 3.8) is 0 Å². The van der Waals surface area contributed by atoms with Gasteiger partial charge in [0.05, 0.1) is 25.0 Å². The van der Waals surface area contributed by atoms with Crippen LogP contribution in [0.2, 0.25) is 0 Å². The van der Waals surface area contributed by atoms with Crippen LogP contribution in [0.5, 0.6) is 0 Å². The number of piperazine rings is 1. The second-order valence-electron chi connectivity index (χ2n) is 8.76. The van der Waals surface area contributed by atoms with Gasteiger partial charge in [0.15, 0.2) is 11.5 Å². The molecule has 5 rings (SSSR count). The number of anilines is 1. The van der Waals surface area contributed by atoms with Gasteiger partial charge in [0.1, 0.15) is 11.8 Å². The zero-order chi connectivity index (χ0) is 23.3. The molecular formula is C26H31N7O. The van der Waals surface area contributed by atoms with E-state index in [4.69, 9.17) is 0 Å². The molecule has 1 aliphatic heterocycles. The number of β-amino-alcohol motifs (C(OH)–C–C–N with tert-alkyl or cyclic N) is 1. The van der Waals surface area contributed by atoms with Crippen LogP contribution in [0.3, 0.4) is 0 Å². The molecule has 2 aromatic carbocycles. The maximum atomic E-state index is 10.8. The van der Waals surface area contributed by atoms with Crippen molar-refractivity contribution in [1.29, 1.82) is 0 Å². The number of nitrogens with zero attached hydrogens (tertiary/aromatic N) is 6. The predicted octanol–water partition coefficient (Wildman–Crippen LogP) is 2.64. The highest BCUT2D eigenvalue weighted by atomic mass is 16.3. The fraction of sp³-hybridized carbons (Fsp3) is 0.346. The molecule has 0 spiro atoms. The zero-order valence-corrected chi connectivity index (χ0v) is 19.5. The largest absolute Gasteiger partial charge is 0.390 e. The van der Waals surface area contributed by atoms with Crippen LogP contribution in [0.15, 0.2) is 73.3 Å². The third-order valence-electron chi connectivity index (χ3n) is 6.52. The van der Waals surface area contributed by atoms with E-state index in [0.717, 1.165) is 37.3 Å². The lowest BCUT2D eigenvalue weighted by molar-refractivity contribution is 0.0560. The number of aromatic nitrogens is 4. The quantitative estimate of drug-likeness (QED) is 0.421. The molecule has 8 nitrogen and oxygen atoms in total. The van der Waals surface area contributed by atoms with Crippen LogP contribution in [-0.4, -0.2) is 80.3 Å². The second kappa shape index (κ2) is 10.3. The van der Waals surface area contributed by atoms with E-state index in [1.165, 1.54) is 17.5 Å². The number of hydrogen-bond acceptors (Lipinski definition) is 7. The van der Waals surface area contributed by atoms with Gasteiger partial charge in [-0.25, -0.2) is 15.0 Å². The van der Waals surface area contributed by atoms with Gasteiger partial charge in [-0.15, -0.1) is 0 Å². The summed E-state index contributed by atoms with van der Waals surface area (Å²) in [5, 5.41) is 13.9. The Morgan fingerprint density at radius 3 is 2.12 bits per heavy atom. The van der Waals surface area contributed by atoms with Gasteiger partial charge in [-0.1, -0.05) is 60.7 Å². The van der Waals surface area contributed by atoms with Gasteiger partial charge < -0.3 is 15.0 Å². The number of hydrogen-bond donors (Lipinski definition) is 2. The molecule has 1 atom stereocenters. The first-order valence-corrected chi connectivity index (χ1v) is 11.8. The fourth-order valence-electron chi connectivity index (χ4n) is 4.87. The number of benzene rings is 2. The number of nitrogens with one attached hydrogen (secondary N) is 1. The van der Waals surface area contributed by atoms with Crippen LogP contribution >= 0.6 is 0 Å². The molecule has 0 radical (unpaired) electrons. The smallest absolute Gasteiger partial charge is 0.165 e. The summed E-state index contributed by atoms with van der Waals surface area (Å²) in [5.74, 6) is 0.695. The Labute approximate surface area is 199 Å². The van der Waals surface area contributed by atoms with Crippen molar-refractivity contribution in [2.24, 2.45) is 0 Å². The third-order valence-corrected chi connectivity index (χ3v) is 6.52. The summed E-state index contributed by atoms with van der Waals surface area (Å²) >= 11 is 0. The Bertz CT molecular complexity index is 1150. The Morgan fingerprint density at radius 1 is 0.853 bits per heavy atom. The molecule has 0 bridgehead atoms. The second-order valence-corrected chi connectivity index (χ2v) is 8.76. The summed E-state index contributed by atoms with van der Waals surface area (Å²) < 4.78 is 1.90. The molecule has 2 aromatic heterocycles. The molecule has 0 aliphatic carbocycles. The SMILES string of the molecule is CNc1ncnc2c1ncn2C[C@H](O)CN1CCN(C(c2ccccc2)c2ccccc2)CC1. The van der Waals surface area contributed by atoms with Crippen LogP contribution in [0.1, 0.15) is 17.2 Å². The van der Waals surface area contributed by atoms with E-state index < -0.39 is 6.10 Å². The normalized spacial score (nSPS) is 16.2. The number of aliphatic hydroxyl groups excluding tert-OH is 1. The van der Waals surface area contributed by atoms with Gasteiger partial charge in [0, 0.05) is 39.8 Å². The Balaban J connectivity index is 1.22. The summed E-state index contributed by atoms with van der Waals surface area (Å²) in [6.07, 6.45) is 2.75. The van der Waals surface area contributed by atoms with Crippen molar-refractivity contribution < 1.29 is 5.11 Å². The summed E-state index contributed by atoms with van der Waals surface area (Å²) in [6.45, 7) is 4.82. The molecule has 176 valence electrons. The zero-order valence-electron chi connectivity index (χ0n) is 19.5. The predicted molar refractivity (Wildman–Crippen MR) is 134 cm³/mol. The highest BCUT2D eigenvalue weighted by Gasteiger charge is 2.27. The summed E-state index contributed by atoms with van der Waals surface area (Å²) in [7, 11) is 1.81. The monoisotopic (exact) mass is 457 g/mol. The molecule has 0 saturated carbocycles. The third kappa shape index (κ3) is 4.79. The lowest BCUT2D eigenvalue weighted by atomic mass is 9.96. The van der Waals surface area contributed by atoms with Crippen molar-refractivity contribution in [2.75, 3.05) is 45.1 Å². The van der Waals surface area contributed by atoms with Gasteiger partial charge in [0.2, 0.25) is 0 Å². The van der Waals surface area contributed by atoms with Crippen LogP contribution in [-0.2, 0) is 6.54 Å². The number of rotatable bonds is 8. The van der Waals surface area contributed by atoms with E-state index in [1.807, 2.05) is 11.6 Å². The van der Waals surface area contributed by atoms with E-state index in [1.54, 1.807) is 6.33 Å². The molecular weight excluding hydrogens is 426 g/mol. The van der Waals surface area contributed by atoms with Crippen LogP contribution in [0.4, 0.5) is 5.82 Å². The van der Waals surface area contributed by atoms with Crippen molar-refractivity contribution in [1.82, 2.24) is 29.3 Å². The van der Waals surface area contributed by atoms with Gasteiger partial charge >= 0.3 is 0 Å². The lowest BCUT2D eigenvalue weighted by Gasteiger charge is -2.40. The van der Waals surface area contributed by atoms with E-state index in [2.05, 4.69) is 90.7 Å². The van der Waals surface area contributed by atoms with Gasteiger partial charge in [-0.2, -0.15) is 0 Å². The Hall–Kier alpha value is -3.33. The first-order valence-electron chi connectivity index (χ1n) is 11.8. The average Bonchev–Trinajstić information content (AvgIpc) is 3.29. The molecule has 8 heteroatoms. The molecule has 3 heterocycles. The number of aliphatic hydroxyl groups is 1. The van der Waals surface area contributed by atoms with Crippen molar-refractivity contribution in [2.45, 2.75) is 18.7 Å². The van der Waals surface area contributed by atoms with Crippen LogP contribution in [0.25, 0.3) is 11.2 Å². The van der Waals surface area contributed by atoms with Crippen LogP contribution in [0, 0.1) is 0 Å². The molecule has 1 fully saturated rings. The van der Waals surface area contributed by atoms with E-state index in [-0.39, 0.29) is 6.04 Å². The molecule has 1 aliphatic rings.